The molecular formula is C12H8ClIN2O4. The number of halogens is 2. The van der Waals surface area contributed by atoms with Crippen molar-refractivity contribution in [2.45, 2.75) is 0 Å². The molecule has 3 N–H and O–H groups in total. The lowest BCUT2D eigenvalue weighted by atomic mass is 10.1. The minimum absolute atomic E-state index is 0.0665. The van der Waals surface area contributed by atoms with Crippen LogP contribution in [0.15, 0.2) is 18.2 Å². The molecule has 2 aromatic rings. The second-order valence-corrected chi connectivity index (χ2v) is 5.36. The zero-order valence-corrected chi connectivity index (χ0v) is 12.8. The van der Waals surface area contributed by atoms with Crippen molar-refractivity contribution >= 4 is 56.8 Å². The average Bonchev–Trinajstić information content (AvgIpc) is 2.40. The number of fused-ring (bicyclic) bond motifs is 1. The molecule has 0 aliphatic carbocycles. The monoisotopic (exact) mass is 406 g/mol. The van der Waals surface area contributed by atoms with Crippen molar-refractivity contribution in [3.05, 3.63) is 32.6 Å². The fourth-order valence-corrected chi connectivity index (χ4v) is 2.66. The fraction of sp³-hybridized carbons (Fsp3) is 0.0833. The minimum atomic E-state index is -1.20. The number of pyridine rings is 1. The van der Waals surface area contributed by atoms with Gasteiger partial charge >= 0.3 is 5.97 Å². The number of aliphatic carboxylic acids is 1. The van der Waals surface area contributed by atoms with E-state index in [-0.39, 0.29) is 16.6 Å². The number of rotatable bonds is 3. The summed E-state index contributed by atoms with van der Waals surface area (Å²) in [7, 11) is 0. The van der Waals surface area contributed by atoms with Crippen molar-refractivity contribution in [1.29, 1.82) is 0 Å². The molecule has 8 heteroatoms. The summed E-state index contributed by atoms with van der Waals surface area (Å²) < 4.78 is 0.703. The summed E-state index contributed by atoms with van der Waals surface area (Å²) in [6.07, 6.45) is 0. The van der Waals surface area contributed by atoms with Gasteiger partial charge in [0.25, 0.3) is 5.91 Å². The molecule has 0 atom stereocenters. The zero-order valence-electron chi connectivity index (χ0n) is 9.85. The van der Waals surface area contributed by atoms with Crippen molar-refractivity contribution in [3.8, 4) is 5.75 Å². The van der Waals surface area contributed by atoms with Gasteiger partial charge in [0.1, 0.15) is 11.7 Å². The van der Waals surface area contributed by atoms with Crippen LogP contribution in [0.25, 0.3) is 10.8 Å². The summed E-state index contributed by atoms with van der Waals surface area (Å²) >= 11 is 7.99. The van der Waals surface area contributed by atoms with E-state index in [1.165, 1.54) is 0 Å². The standard InChI is InChI=1S/C12H8ClIN2O4/c13-11-5-2-1-3-6(14)8(5)10(19)9(16-11)12(20)15-4-7(17)18/h1-3,19H,4H2,(H,15,20)(H,17,18). The molecule has 2 rings (SSSR count). The third-order valence-corrected chi connectivity index (χ3v) is 3.71. The topological polar surface area (TPSA) is 99.5 Å². The van der Waals surface area contributed by atoms with Crippen LogP contribution in [0, 0.1) is 3.57 Å². The predicted molar refractivity (Wildman–Crippen MR) is 81.1 cm³/mol. The van der Waals surface area contributed by atoms with Crippen LogP contribution in [-0.4, -0.2) is 33.6 Å². The molecule has 1 aromatic carbocycles. The third kappa shape index (κ3) is 2.78. The van der Waals surface area contributed by atoms with E-state index in [9.17, 15) is 14.7 Å². The maximum atomic E-state index is 11.8. The SMILES string of the molecule is O=C(O)CNC(=O)c1nc(Cl)c2cccc(I)c2c1O. The van der Waals surface area contributed by atoms with Gasteiger partial charge in [-0.3, -0.25) is 9.59 Å². The Balaban J connectivity index is 2.55. The molecule has 0 radical (unpaired) electrons. The predicted octanol–water partition coefficient (Wildman–Crippen LogP) is 2.01. The molecule has 0 bridgehead atoms. The number of benzene rings is 1. The third-order valence-electron chi connectivity index (χ3n) is 2.52. The van der Waals surface area contributed by atoms with Gasteiger partial charge in [-0.05, 0) is 28.7 Å². The Morgan fingerprint density at radius 1 is 1.40 bits per heavy atom. The van der Waals surface area contributed by atoms with Crippen LogP contribution in [0.1, 0.15) is 10.5 Å². The molecule has 0 unspecified atom stereocenters. The van der Waals surface area contributed by atoms with Crippen LogP contribution >= 0.6 is 34.2 Å². The molecule has 104 valence electrons. The number of aromatic nitrogens is 1. The molecule has 1 aromatic heterocycles. The Morgan fingerprint density at radius 2 is 2.10 bits per heavy atom. The van der Waals surface area contributed by atoms with Crippen LogP contribution in [0.2, 0.25) is 5.15 Å². The van der Waals surface area contributed by atoms with E-state index >= 15 is 0 Å². The van der Waals surface area contributed by atoms with Crippen LogP contribution in [0.4, 0.5) is 0 Å². The first-order valence-electron chi connectivity index (χ1n) is 5.38. The highest BCUT2D eigenvalue weighted by Gasteiger charge is 2.20. The second-order valence-electron chi connectivity index (χ2n) is 3.84. The Labute approximate surface area is 131 Å². The van der Waals surface area contributed by atoms with E-state index in [0.29, 0.717) is 14.3 Å². The van der Waals surface area contributed by atoms with E-state index in [4.69, 9.17) is 16.7 Å². The lowest BCUT2D eigenvalue weighted by Crippen LogP contribution is -2.30. The van der Waals surface area contributed by atoms with Crippen LogP contribution in [0.3, 0.4) is 0 Å². The smallest absolute Gasteiger partial charge is 0.322 e. The zero-order chi connectivity index (χ0) is 14.9. The molecule has 0 saturated heterocycles. The molecule has 1 heterocycles. The molecule has 6 nitrogen and oxygen atoms in total. The number of carbonyl (C=O) groups is 2. The number of hydrogen-bond donors (Lipinski definition) is 3. The van der Waals surface area contributed by atoms with Gasteiger partial charge in [0.2, 0.25) is 0 Å². The number of nitrogens with zero attached hydrogens (tertiary/aromatic N) is 1. The number of nitrogens with one attached hydrogen (secondary N) is 1. The first kappa shape index (κ1) is 14.8. The van der Waals surface area contributed by atoms with E-state index < -0.39 is 18.4 Å². The van der Waals surface area contributed by atoms with Crippen LogP contribution in [-0.2, 0) is 4.79 Å². The van der Waals surface area contributed by atoms with E-state index in [2.05, 4.69) is 10.3 Å². The molecule has 0 fully saturated rings. The van der Waals surface area contributed by atoms with Crippen molar-refractivity contribution in [2.24, 2.45) is 0 Å². The highest BCUT2D eigenvalue weighted by molar-refractivity contribution is 14.1. The number of carboxylic acid groups (broad SMARTS) is 1. The first-order valence-corrected chi connectivity index (χ1v) is 6.84. The van der Waals surface area contributed by atoms with Crippen molar-refractivity contribution in [1.82, 2.24) is 10.3 Å². The summed E-state index contributed by atoms with van der Waals surface area (Å²) in [5.74, 6) is -2.31. The van der Waals surface area contributed by atoms with Gasteiger partial charge in [-0.2, -0.15) is 0 Å². The Bertz CT molecular complexity index is 720. The molecule has 20 heavy (non-hydrogen) atoms. The van der Waals surface area contributed by atoms with Gasteiger partial charge in [0, 0.05) is 14.3 Å². The number of carboxylic acids is 1. The molecule has 0 spiro atoms. The summed E-state index contributed by atoms with van der Waals surface area (Å²) in [5, 5.41) is 21.8. The number of hydrogen-bond acceptors (Lipinski definition) is 4. The van der Waals surface area contributed by atoms with Gasteiger partial charge < -0.3 is 15.5 Å². The van der Waals surface area contributed by atoms with Crippen LogP contribution in [0.5, 0.6) is 5.75 Å². The van der Waals surface area contributed by atoms with Crippen molar-refractivity contribution < 1.29 is 19.8 Å². The maximum Gasteiger partial charge on any atom is 0.322 e. The van der Waals surface area contributed by atoms with E-state index in [1.54, 1.807) is 18.2 Å². The second kappa shape index (κ2) is 5.80. The number of aromatic hydroxyl groups is 1. The van der Waals surface area contributed by atoms with Gasteiger partial charge in [0.15, 0.2) is 11.4 Å². The average molecular weight is 407 g/mol. The Morgan fingerprint density at radius 3 is 2.75 bits per heavy atom. The lowest BCUT2D eigenvalue weighted by molar-refractivity contribution is -0.135. The summed E-state index contributed by atoms with van der Waals surface area (Å²) in [6, 6.07) is 5.17. The highest BCUT2D eigenvalue weighted by atomic mass is 127. The van der Waals surface area contributed by atoms with Gasteiger partial charge in [-0.25, -0.2) is 4.98 Å². The highest BCUT2D eigenvalue weighted by Crippen LogP contribution is 2.34. The van der Waals surface area contributed by atoms with Gasteiger partial charge in [-0.1, -0.05) is 23.7 Å². The maximum absolute atomic E-state index is 11.8. The molecular weight excluding hydrogens is 398 g/mol. The molecule has 0 aliphatic heterocycles. The molecule has 0 saturated carbocycles. The van der Waals surface area contributed by atoms with E-state index in [1.807, 2.05) is 22.6 Å². The van der Waals surface area contributed by atoms with Crippen molar-refractivity contribution in [2.75, 3.05) is 6.54 Å². The first-order chi connectivity index (χ1) is 9.41. The minimum Gasteiger partial charge on any atom is -0.505 e. The van der Waals surface area contributed by atoms with Crippen molar-refractivity contribution in [3.63, 3.8) is 0 Å². The number of carbonyl (C=O) groups excluding carboxylic acids is 1. The largest absolute Gasteiger partial charge is 0.505 e. The Kier molecular flexibility index (Phi) is 4.29. The summed E-state index contributed by atoms with van der Waals surface area (Å²) in [6.45, 7) is -0.568. The van der Waals surface area contributed by atoms with Gasteiger partial charge in [0.05, 0.1) is 0 Å². The Hall–Kier alpha value is -1.61. The van der Waals surface area contributed by atoms with Gasteiger partial charge in [-0.15, -0.1) is 0 Å². The molecule has 0 aliphatic rings. The summed E-state index contributed by atoms with van der Waals surface area (Å²) in [5.41, 5.74) is -0.298. The normalized spacial score (nSPS) is 10.5. The summed E-state index contributed by atoms with van der Waals surface area (Å²) in [4.78, 5) is 26.1. The quantitative estimate of drug-likeness (QED) is 0.535. The van der Waals surface area contributed by atoms with E-state index in [0.717, 1.165) is 0 Å². The fourth-order valence-electron chi connectivity index (χ4n) is 1.66. The van der Waals surface area contributed by atoms with Crippen LogP contribution < -0.4 is 5.32 Å². The number of amides is 1. The molecule has 1 amide bonds. The lowest BCUT2D eigenvalue weighted by Gasteiger charge is -2.10.